The SMILES string of the molecule is CN1CCN(C(=O)c2ccc(N3CCN(C(=O)N4CCC(c5cn[nH]c5)C4)c4ccccc43)cc2)CC1. The van der Waals surface area contributed by atoms with Crippen LogP contribution in [0.25, 0.3) is 0 Å². The molecule has 1 N–H and O–H groups in total. The Hall–Kier alpha value is -3.85. The van der Waals surface area contributed by atoms with Gasteiger partial charge in [-0.15, -0.1) is 0 Å². The summed E-state index contributed by atoms with van der Waals surface area (Å²) in [5.74, 6) is 0.418. The summed E-state index contributed by atoms with van der Waals surface area (Å²) >= 11 is 0. The van der Waals surface area contributed by atoms with Gasteiger partial charge in [0.15, 0.2) is 0 Å². The summed E-state index contributed by atoms with van der Waals surface area (Å²) < 4.78 is 0. The molecule has 1 unspecified atom stereocenters. The van der Waals surface area contributed by atoms with Gasteiger partial charge in [0.05, 0.1) is 17.6 Å². The number of aromatic amines is 1. The fourth-order valence-corrected chi connectivity index (χ4v) is 5.67. The van der Waals surface area contributed by atoms with Crippen LogP contribution in [-0.4, -0.2) is 96.2 Å². The number of para-hydroxylation sites is 2. The first kappa shape index (κ1) is 23.5. The van der Waals surface area contributed by atoms with Crippen LogP contribution in [0.2, 0.25) is 0 Å². The molecular formula is C28H33N7O2. The third kappa shape index (κ3) is 4.55. The van der Waals surface area contributed by atoms with Gasteiger partial charge in [0.2, 0.25) is 0 Å². The van der Waals surface area contributed by atoms with Gasteiger partial charge in [-0.05, 0) is 55.4 Å². The van der Waals surface area contributed by atoms with Crippen LogP contribution < -0.4 is 9.80 Å². The molecule has 2 saturated heterocycles. The van der Waals surface area contributed by atoms with Crippen molar-refractivity contribution in [3.63, 3.8) is 0 Å². The van der Waals surface area contributed by atoms with Gasteiger partial charge in [-0.25, -0.2) is 4.79 Å². The van der Waals surface area contributed by atoms with E-state index >= 15 is 0 Å². The molecule has 9 heteroatoms. The Balaban J connectivity index is 1.17. The van der Waals surface area contributed by atoms with Gasteiger partial charge >= 0.3 is 6.03 Å². The molecule has 0 bridgehead atoms. The highest BCUT2D eigenvalue weighted by atomic mass is 16.2. The van der Waals surface area contributed by atoms with Gasteiger partial charge in [0.1, 0.15) is 0 Å². The molecule has 0 spiro atoms. The van der Waals surface area contributed by atoms with Crippen molar-refractivity contribution in [2.75, 3.05) is 69.2 Å². The summed E-state index contributed by atoms with van der Waals surface area (Å²) in [6.07, 6.45) is 4.74. The second kappa shape index (κ2) is 9.89. The van der Waals surface area contributed by atoms with Crippen molar-refractivity contribution >= 4 is 29.0 Å². The molecule has 1 atom stereocenters. The Bertz CT molecular complexity index is 1250. The number of carbonyl (C=O) groups excluding carboxylic acids is 2. The third-order valence-electron chi connectivity index (χ3n) is 7.91. The van der Waals surface area contributed by atoms with E-state index in [4.69, 9.17) is 0 Å². The highest BCUT2D eigenvalue weighted by Crippen LogP contribution is 2.39. The number of urea groups is 1. The molecule has 1 aromatic heterocycles. The van der Waals surface area contributed by atoms with E-state index in [2.05, 4.69) is 33.1 Å². The maximum atomic E-state index is 13.6. The minimum absolute atomic E-state index is 0.0613. The number of piperazine rings is 1. The smallest absolute Gasteiger partial charge is 0.324 e. The number of amides is 3. The molecule has 0 saturated carbocycles. The molecular weight excluding hydrogens is 466 g/mol. The molecule has 192 valence electrons. The topological polar surface area (TPSA) is 79.0 Å². The third-order valence-corrected chi connectivity index (χ3v) is 7.91. The van der Waals surface area contributed by atoms with Gasteiger partial charge in [0.25, 0.3) is 5.91 Å². The minimum Gasteiger partial charge on any atom is -0.338 e. The van der Waals surface area contributed by atoms with Crippen LogP contribution in [0.15, 0.2) is 60.9 Å². The molecule has 0 radical (unpaired) electrons. The zero-order chi connectivity index (χ0) is 25.4. The van der Waals surface area contributed by atoms with E-state index in [1.807, 2.05) is 69.6 Å². The fourth-order valence-electron chi connectivity index (χ4n) is 5.67. The number of likely N-dealkylation sites (tertiary alicyclic amines) is 1. The van der Waals surface area contributed by atoms with Crippen LogP contribution in [0.5, 0.6) is 0 Å². The van der Waals surface area contributed by atoms with E-state index in [9.17, 15) is 9.59 Å². The number of nitrogens with one attached hydrogen (secondary N) is 1. The lowest BCUT2D eigenvalue weighted by Crippen LogP contribution is -2.48. The summed E-state index contributed by atoms with van der Waals surface area (Å²) in [5.41, 5.74) is 4.83. The lowest BCUT2D eigenvalue weighted by molar-refractivity contribution is 0.0664. The minimum atomic E-state index is 0.0613. The summed E-state index contributed by atoms with van der Waals surface area (Å²) in [4.78, 5) is 36.8. The van der Waals surface area contributed by atoms with E-state index < -0.39 is 0 Å². The molecule has 3 aliphatic rings. The van der Waals surface area contributed by atoms with Crippen LogP contribution in [0.1, 0.15) is 28.3 Å². The number of hydrogen-bond acceptors (Lipinski definition) is 5. The van der Waals surface area contributed by atoms with Crippen molar-refractivity contribution in [2.45, 2.75) is 12.3 Å². The molecule has 3 aromatic rings. The fraction of sp³-hybridized carbons (Fsp3) is 0.393. The highest BCUT2D eigenvalue weighted by Gasteiger charge is 2.34. The van der Waals surface area contributed by atoms with Gasteiger partial charge in [-0.2, -0.15) is 5.10 Å². The van der Waals surface area contributed by atoms with Gasteiger partial charge in [0, 0.05) is 75.7 Å². The molecule has 4 heterocycles. The summed E-state index contributed by atoms with van der Waals surface area (Å²) in [6, 6.07) is 16.0. The Labute approximate surface area is 217 Å². The van der Waals surface area contributed by atoms with Gasteiger partial charge in [-0.3, -0.25) is 14.8 Å². The average Bonchev–Trinajstić information content (AvgIpc) is 3.65. The second-order valence-electron chi connectivity index (χ2n) is 10.2. The highest BCUT2D eigenvalue weighted by molar-refractivity contribution is 5.98. The number of nitrogens with zero attached hydrogens (tertiary/aromatic N) is 6. The first-order valence-corrected chi connectivity index (χ1v) is 13.1. The first-order chi connectivity index (χ1) is 18.1. The van der Waals surface area contributed by atoms with E-state index in [1.54, 1.807) is 0 Å². The summed E-state index contributed by atoms with van der Waals surface area (Å²) in [6.45, 7) is 6.10. The predicted octanol–water partition coefficient (Wildman–Crippen LogP) is 3.36. The van der Waals surface area contributed by atoms with Gasteiger partial charge < -0.3 is 19.6 Å². The quantitative estimate of drug-likeness (QED) is 0.598. The zero-order valence-corrected chi connectivity index (χ0v) is 21.2. The zero-order valence-electron chi connectivity index (χ0n) is 21.2. The van der Waals surface area contributed by atoms with Crippen molar-refractivity contribution in [3.8, 4) is 0 Å². The Kier molecular flexibility index (Phi) is 6.30. The van der Waals surface area contributed by atoms with E-state index in [0.717, 1.165) is 67.3 Å². The van der Waals surface area contributed by atoms with E-state index in [1.165, 1.54) is 0 Å². The van der Waals surface area contributed by atoms with E-state index in [0.29, 0.717) is 25.6 Å². The number of likely N-dealkylation sites (N-methyl/N-ethyl adjacent to an activating group) is 1. The number of fused-ring (bicyclic) bond motifs is 1. The van der Waals surface area contributed by atoms with Crippen molar-refractivity contribution in [2.24, 2.45) is 0 Å². The lowest BCUT2D eigenvalue weighted by atomic mass is 10.0. The molecule has 9 nitrogen and oxygen atoms in total. The normalized spacial score (nSPS) is 20.3. The predicted molar refractivity (Wildman–Crippen MR) is 144 cm³/mol. The number of H-pyrrole nitrogens is 1. The number of anilines is 3. The van der Waals surface area contributed by atoms with Crippen LogP contribution in [-0.2, 0) is 0 Å². The average molecular weight is 500 g/mol. The molecule has 2 fully saturated rings. The van der Waals surface area contributed by atoms with Crippen LogP contribution in [0.3, 0.4) is 0 Å². The molecule has 0 aliphatic carbocycles. The molecule has 3 aliphatic heterocycles. The summed E-state index contributed by atoms with van der Waals surface area (Å²) in [5, 5.41) is 6.95. The number of aromatic nitrogens is 2. The van der Waals surface area contributed by atoms with Crippen molar-refractivity contribution < 1.29 is 9.59 Å². The second-order valence-corrected chi connectivity index (χ2v) is 10.2. The largest absolute Gasteiger partial charge is 0.338 e. The van der Waals surface area contributed by atoms with Crippen molar-refractivity contribution in [3.05, 3.63) is 72.1 Å². The monoisotopic (exact) mass is 499 g/mol. The summed E-state index contributed by atoms with van der Waals surface area (Å²) in [7, 11) is 2.09. The Morgan fingerprint density at radius 2 is 1.62 bits per heavy atom. The Morgan fingerprint density at radius 3 is 2.35 bits per heavy atom. The number of benzene rings is 2. The lowest BCUT2D eigenvalue weighted by Gasteiger charge is -2.39. The van der Waals surface area contributed by atoms with Crippen LogP contribution in [0.4, 0.5) is 21.9 Å². The van der Waals surface area contributed by atoms with Crippen LogP contribution in [0, 0.1) is 0 Å². The number of hydrogen-bond donors (Lipinski definition) is 1. The van der Waals surface area contributed by atoms with E-state index in [-0.39, 0.29) is 11.9 Å². The molecule has 2 aromatic carbocycles. The standard InChI is InChI=1S/C28H33N7O2/c1-31-12-14-32(15-13-31)27(36)21-6-8-24(9-7-21)34-16-17-35(26-5-3-2-4-25(26)34)28(37)33-11-10-22(20-33)23-18-29-30-19-23/h2-9,18-19,22H,10-17,20H2,1H3,(H,29,30). The molecule has 37 heavy (non-hydrogen) atoms. The maximum Gasteiger partial charge on any atom is 0.324 e. The molecule has 6 rings (SSSR count). The maximum absolute atomic E-state index is 13.6. The van der Waals surface area contributed by atoms with Crippen molar-refractivity contribution in [1.29, 1.82) is 0 Å². The van der Waals surface area contributed by atoms with Gasteiger partial charge in [-0.1, -0.05) is 12.1 Å². The number of carbonyl (C=O) groups is 2. The molecule has 3 amide bonds. The number of rotatable bonds is 3. The van der Waals surface area contributed by atoms with Crippen LogP contribution >= 0.6 is 0 Å². The Morgan fingerprint density at radius 1 is 0.865 bits per heavy atom. The first-order valence-electron chi connectivity index (χ1n) is 13.1. The van der Waals surface area contributed by atoms with Crippen molar-refractivity contribution in [1.82, 2.24) is 24.9 Å².